The Morgan fingerprint density at radius 3 is 2.54 bits per heavy atom. The summed E-state index contributed by atoms with van der Waals surface area (Å²) in [5.41, 5.74) is 1.07. The highest BCUT2D eigenvalue weighted by molar-refractivity contribution is 7.18. The maximum Gasteiger partial charge on any atom is 0.284 e. The highest BCUT2D eigenvalue weighted by Crippen LogP contribution is 2.42. The summed E-state index contributed by atoms with van der Waals surface area (Å²) in [6.07, 6.45) is 8.60. The van der Waals surface area contributed by atoms with Crippen LogP contribution in [0.5, 0.6) is 0 Å². The molecule has 6 heteroatoms. The van der Waals surface area contributed by atoms with Gasteiger partial charge in [0.15, 0.2) is 0 Å². The molecule has 3 aromatic heterocycles. The minimum absolute atomic E-state index is 0.00769. The van der Waals surface area contributed by atoms with Gasteiger partial charge in [0.25, 0.3) is 5.56 Å². The summed E-state index contributed by atoms with van der Waals surface area (Å²) in [6.45, 7) is 4.08. The molecule has 0 spiro atoms. The summed E-state index contributed by atoms with van der Waals surface area (Å²) < 4.78 is 3.91. The number of nitrogens with zero attached hydrogens (tertiary/aromatic N) is 4. The van der Waals surface area contributed by atoms with E-state index >= 15 is 0 Å². The van der Waals surface area contributed by atoms with Gasteiger partial charge in [0.1, 0.15) is 10.7 Å². The van der Waals surface area contributed by atoms with Crippen molar-refractivity contribution in [2.45, 2.75) is 70.8 Å². The van der Waals surface area contributed by atoms with Gasteiger partial charge in [0, 0.05) is 16.8 Å². The van der Waals surface area contributed by atoms with Crippen molar-refractivity contribution >= 4 is 27.3 Å². The maximum atomic E-state index is 13.1. The van der Waals surface area contributed by atoms with Crippen molar-refractivity contribution in [2.24, 2.45) is 0 Å². The van der Waals surface area contributed by atoms with Crippen molar-refractivity contribution in [3.05, 3.63) is 26.6 Å². The summed E-state index contributed by atoms with van der Waals surface area (Å²) in [5, 5.41) is 5.51. The predicted molar refractivity (Wildman–Crippen MR) is 96.2 cm³/mol. The van der Waals surface area contributed by atoms with Gasteiger partial charge in [-0.25, -0.2) is 4.98 Å². The van der Waals surface area contributed by atoms with Crippen LogP contribution in [0.3, 0.4) is 0 Å². The summed E-state index contributed by atoms with van der Waals surface area (Å²) in [5.74, 6) is 2.38. The summed E-state index contributed by atoms with van der Waals surface area (Å²) in [6, 6.07) is 0.457. The number of thiophene rings is 1. The van der Waals surface area contributed by atoms with E-state index in [1.807, 2.05) is 6.92 Å². The van der Waals surface area contributed by atoms with Crippen LogP contribution in [0.15, 0.2) is 4.79 Å². The molecule has 0 saturated heterocycles. The molecule has 5 nitrogen and oxygen atoms in total. The zero-order valence-corrected chi connectivity index (χ0v) is 15.0. The lowest BCUT2D eigenvalue weighted by molar-refractivity contribution is 0.351. The van der Waals surface area contributed by atoms with E-state index in [9.17, 15) is 4.79 Å². The largest absolute Gasteiger partial charge is 0.293 e. The monoisotopic (exact) mass is 342 g/mol. The Kier molecular flexibility index (Phi) is 3.14. The average molecular weight is 342 g/mol. The Balaban J connectivity index is 1.83. The standard InChI is InChI=1S/C18H22N4OS/c1-10-11(2)24-16-14(10)17(23)22-18(19-16)21(13-6-4-3-5-7-13)15(20-22)12-8-9-12/h12-13H,3-9H2,1-2H3. The van der Waals surface area contributed by atoms with Crippen LogP contribution in [0.25, 0.3) is 16.0 Å². The van der Waals surface area contributed by atoms with Crippen molar-refractivity contribution in [2.75, 3.05) is 0 Å². The number of aryl methyl sites for hydroxylation is 2. The molecule has 0 radical (unpaired) electrons. The van der Waals surface area contributed by atoms with Gasteiger partial charge in [-0.3, -0.25) is 9.36 Å². The molecule has 2 fully saturated rings. The first-order valence-corrected chi connectivity index (χ1v) is 9.87. The first-order chi connectivity index (χ1) is 11.6. The third kappa shape index (κ3) is 2.01. The molecule has 126 valence electrons. The molecule has 2 saturated carbocycles. The third-order valence-corrected chi connectivity index (χ3v) is 6.81. The Labute approximate surface area is 144 Å². The van der Waals surface area contributed by atoms with E-state index < -0.39 is 0 Å². The predicted octanol–water partition coefficient (Wildman–Crippen LogP) is 4.11. The molecule has 24 heavy (non-hydrogen) atoms. The van der Waals surface area contributed by atoms with Gasteiger partial charge in [-0.2, -0.15) is 4.52 Å². The molecule has 0 bridgehead atoms. The van der Waals surface area contributed by atoms with E-state index in [0.717, 1.165) is 27.4 Å². The molecule has 2 aliphatic carbocycles. The van der Waals surface area contributed by atoms with Crippen LogP contribution in [-0.2, 0) is 0 Å². The first-order valence-electron chi connectivity index (χ1n) is 9.06. The van der Waals surface area contributed by atoms with E-state index in [0.29, 0.717) is 12.0 Å². The summed E-state index contributed by atoms with van der Waals surface area (Å²) in [7, 11) is 0. The fraction of sp³-hybridized carbons (Fsp3) is 0.611. The number of aromatic nitrogens is 4. The van der Waals surface area contributed by atoms with Crippen LogP contribution in [0, 0.1) is 13.8 Å². The third-order valence-electron chi connectivity index (χ3n) is 5.71. The molecule has 3 aromatic rings. The van der Waals surface area contributed by atoms with E-state index in [1.165, 1.54) is 49.8 Å². The molecular weight excluding hydrogens is 320 g/mol. The fourth-order valence-corrected chi connectivity index (χ4v) is 5.10. The normalized spacial score (nSPS) is 19.6. The minimum Gasteiger partial charge on any atom is -0.293 e. The Morgan fingerprint density at radius 1 is 1.08 bits per heavy atom. The molecule has 0 aromatic carbocycles. The van der Waals surface area contributed by atoms with Gasteiger partial charge in [-0.15, -0.1) is 16.4 Å². The Hall–Kier alpha value is -1.69. The number of rotatable bonds is 2. The molecule has 0 unspecified atom stereocenters. The van der Waals surface area contributed by atoms with E-state index in [4.69, 9.17) is 10.1 Å². The lowest BCUT2D eigenvalue weighted by atomic mass is 9.95. The molecule has 0 N–H and O–H groups in total. The highest BCUT2D eigenvalue weighted by Gasteiger charge is 2.34. The minimum atomic E-state index is 0.00769. The van der Waals surface area contributed by atoms with Crippen LogP contribution in [0.4, 0.5) is 0 Å². The van der Waals surface area contributed by atoms with Crippen molar-refractivity contribution in [1.82, 2.24) is 19.2 Å². The molecule has 5 rings (SSSR count). The molecule has 2 aliphatic rings. The van der Waals surface area contributed by atoms with Gasteiger partial charge in [0.2, 0.25) is 5.78 Å². The van der Waals surface area contributed by atoms with E-state index in [-0.39, 0.29) is 5.56 Å². The van der Waals surface area contributed by atoms with E-state index in [1.54, 1.807) is 15.9 Å². The SMILES string of the molecule is Cc1sc2nc3n(C4CCCCC4)c(C4CC4)nn3c(=O)c2c1C. The van der Waals surface area contributed by atoms with Crippen LogP contribution in [0.1, 0.15) is 73.2 Å². The van der Waals surface area contributed by atoms with E-state index in [2.05, 4.69) is 11.5 Å². The fourth-order valence-electron chi connectivity index (χ4n) is 4.08. The second kappa shape index (κ2) is 5.15. The van der Waals surface area contributed by atoms with Crippen LogP contribution in [-0.4, -0.2) is 19.2 Å². The summed E-state index contributed by atoms with van der Waals surface area (Å²) >= 11 is 1.63. The van der Waals surface area contributed by atoms with Gasteiger partial charge in [-0.05, 0) is 45.1 Å². The van der Waals surface area contributed by atoms with Gasteiger partial charge in [-0.1, -0.05) is 19.3 Å². The zero-order chi connectivity index (χ0) is 16.4. The molecule has 3 heterocycles. The van der Waals surface area contributed by atoms with Gasteiger partial charge in [0.05, 0.1) is 5.39 Å². The quantitative estimate of drug-likeness (QED) is 0.704. The van der Waals surface area contributed by atoms with Crippen molar-refractivity contribution in [3.8, 4) is 0 Å². The van der Waals surface area contributed by atoms with Crippen LogP contribution < -0.4 is 5.56 Å². The van der Waals surface area contributed by atoms with Gasteiger partial charge >= 0.3 is 0 Å². The van der Waals surface area contributed by atoms with Crippen molar-refractivity contribution in [3.63, 3.8) is 0 Å². The van der Waals surface area contributed by atoms with Crippen LogP contribution >= 0.6 is 11.3 Å². The van der Waals surface area contributed by atoms with Crippen molar-refractivity contribution in [1.29, 1.82) is 0 Å². The molecule has 0 aliphatic heterocycles. The number of hydrogen-bond donors (Lipinski definition) is 0. The molecule has 0 atom stereocenters. The topological polar surface area (TPSA) is 52.2 Å². The Morgan fingerprint density at radius 2 is 1.83 bits per heavy atom. The Bertz CT molecular complexity index is 1000. The average Bonchev–Trinajstić information content (AvgIpc) is 3.30. The number of fused-ring (bicyclic) bond motifs is 2. The highest BCUT2D eigenvalue weighted by atomic mass is 32.1. The first kappa shape index (κ1) is 14.6. The second-order valence-electron chi connectivity index (χ2n) is 7.39. The lowest BCUT2D eigenvalue weighted by Crippen LogP contribution is -2.18. The van der Waals surface area contributed by atoms with Crippen molar-refractivity contribution < 1.29 is 0 Å². The van der Waals surface area contributed by atoms with Crippen LogP contribution in [0.2, 0.25) is 0 Å². The number of hydrogen-bond acceptors (Lipinski definition) is 4. The maximum absolute atomic E-state index is 13.1. The molecular formula is C18H22N4OS. The lowest BCUT2D eigenvalue weighted by Gasteiger charge is -2.24. The second-order valence-corrected chi connectivity index (χ2v) is 8.59. The summed E-state index contributed by atoms with van der Waals surface area (Å²) in [4.78, 5) is 20.0. The van der Waals surface area contributed by atoms with Gasteiger partial charge < -0.3 is 0 Å². The smallest absolute Gasteiger partial charge is 0.284 e. The molecule has 0 amide bonds. The zero-order valence-electron chi connectivity index (χ0n) is 14.2.